The number of ketones is 1. The van der Waals surface area contributed by atoms with Gasteiger partial charge in [-0.25, -0.2) is 0 Å². The molecule has 2 aliphatic heterocycles. The molecule has 0 amide bonds. The van der Waals surface area contributed by atoms with Crippen molar-refractivity contribution in [2.75, 3.05) is 31.6 Å². The number of rotatable bonds is 7. The maximum absolute atomic E-state index is 12.6. The van der Waals surface area contributed by atoms with Crippen molar-refractivity contribution in [3.05, 3.63) is 47.2 Å². The van der Waals surface area contributed by atoms with E-state index in [1.807, 2.05) is 12.1 Å². The van der Waals surface area contributed by atoms with Crippen molar-refractivity contribution in [1.29, 1.82) is 0 Å². The van der Waals surface area contributed by atoms with Gasteiger partial charge in [0.2, 0.25) is 0 Å². The van der Waals surface area contributed by atoms with Gasteiger partial charge in [0.05, 0.1) is 10.6 Å². The van der Waals surface area contributed by atoms with E-state index in [2.05, 4.69) is 47.7 Å². The molecule has 3 heterocycles. The van der Waals surface area contributed by atoms with Gasteiger partial charge < -0.3 is 15.4 Å². The molecular weight excluding hydrogens is 410 g/mol. The Bertz CT molecular complexity index is 925. The lowest BCUT2D eigenvalue weighted by molar-refractivity contribution is -0.121. The summed E-state index contributed by atoms with van der Waals surface area (Å²) in [6.07, 6.45) is 5.08. The van der Waals surface area contributed by atoms with Gasteiger partial charge in [-0.2, -0.15) is 0 Å². The Labute approximate surface area is 189 Å². The molecule has 2 aromatic rings. The van der Waals surface area contributed by atoms with Crippen LogP contribution < -0.4 is 10.6 Å². The molecule has 2 aliphatic rings. The molecule has 6 heteroatoms. The number of pyridine rings is 1. The molecule has 4 rings (SSSR count). The van der Waals surface area contributed by atoms with Crippen LogP contribution in [0.5, 0.6) is 0 Å². The first-order chi connectivity index (χ1) is 14.9. The molecule has 1 aromatic heterocycles. The van der Waals surface area contributed by atoms with Crippen molar-refractivity contribution >= 4 is 23.1 Å². The Morgan fingerprint density at radius 2 is 2.19 bits per heavy atom. The number of halogens is 1. The third-order valence-electron chi connectivity index (χ3n) is 6.35. The van der Waals surface area contributed by atoms with Crippen molar-refractivity contribution in [2.24, 2.45) is 11.8 Å². The van der Waals surface area contributed by atoms with Gasteiger partial charge in [0.25, 0.3) is 0 Å². The number of hydrogen-bond acceptors (Lipinski definition) is 5. The van der Waals surface area contributed by atoms with E-state index < -0.39 is 0 Å². The zero-order chi connectivity index (χ0) is 21.8. The summed E-state index contributed by atoms with van der Waals surface area (Å²) in [7, 11) is 0. The molecule has 0 saturated carbocycles. The summed E-state index contributed by atoms with van der Waals surface area (Å²) in [6.45, 7) is 7.77. The van der Waals surface area contributed by atoms with Gasteiger partial charge in [-0.05, 0) is 69.3 Å². The van der Waals surface area contributed by atoms with E-state index >= 15 is 0 Å². The van der Waals surface area contributed by atoms with Gasteiger partial charge in [0.15, 0.2) is 0 Å². The minimum atomic E-state index is -0.0423. The summed E-state index contributed by atoms with van der Waals surface area (Å²) < 4.78 is 5.83. The van der Waals surface area contributed by atoms with Crippen molar-refractivity contribution in [3.63, 3.8) is 0 Å². The fourth-order valence-corrected chi connectivity index (χ4v) is 4.86. The SMILES string of the molecule is CC1(C)CC(CNc2cccc(-c3cc(CC(=O)[C@@H]4CCNC4)ncc3Cl)c2)CCO1. The monoisotopic (exact) mass is 441 g/mol. The van der Waals surface area contributed by atoms with Gasteiger partial charge >= 0.3 is 0 Å². The second kappa shape index (κ2) is 9.68. The van der Waals surface area contributed by atoms with Crippen LogP contribution in [0.15, 0.2) is 36.5 Å². The third kappa shape index (κ3) is 5.85. The maximum atomic E-state index is 12.6. The standard InChI is InChI=1S/C25H32ClN3O2/c1-25(2)13-17(7-9-31-25)14-28-20-5-3-4-18(10-20)22-11-21(29-16-23(22)26)12-24(30)19-6-8-27-15-19/h3-5,10-11,16-17,19,27-28H,6-9,12-15H2,1-2H3/t17?,19-/m1/s1. The maximum Gasteiger partial charge on any atom is 0.143 e. The van der Waals surface area contributed by atoms with Gasteiger partial charge in [-0.1, -0.05) is 23.7 Å². The lowest BCUT2D eigenvalue weighted by atomic mass is 9.88. The molecule has 0 spiro atoms. The summed E-state index contributed by atoms with van der Waals surface area (Å²) in [5.41, 5.74) is 3.75. The van der Waals surface area contributed by atoms with E-state index in [-0.39, 0.29) is 17.3 Å². The van der Waals surface area contributed by atoms with E-state index in [4.69, 9.17) is 16.3 Å². The van der Waals surface area contributed by atoms with Crippen LogP contribution in [0, 0.1) is 11.8 Å². The number of carbonyl (C=O) groups is 1. The summed E-state index contributed by atoms with van der Waals surface area (Å²) in [5.74, 6) is 0.948. The van der Waals surface area contributed by atoms with Crippen LogP contribution >= 0.6 is 11.6 Å². The quantitative estimate of drug-likeness (QED) is 0.649. The zero-order valence-electron chi connectivity index (χ0n) is 18.4. The highest BCUT2D eigenvalue weighted by Crippen LogP contribution is 2.31. The largest absolute Gasteiger partial charge is 0.385 e. The molecule has 31 heavy (non-hydrogen) atoms. The highest BCUT2D eigenvalue weighted by molar-refractivity contribution is 6.33. The molecular formula is C25H32ClN3O2. The first kappa shape index (κ1) is 22.3. The van der Waals surface area contributed by atoms with Crippen LogP contribution in [0.1, 0.15) is 38.8 Å². The lowest BCUT2D eigenvalue weighted by Crippen LogP contribution is -2.36. The third-order valence-corrected chi connectivity index (χ3v) is 6.65. The summed E-state index contributed by atoms with van der Waals surface area (Å²) in [4.78, 5) is 17.0. The van der Waals surface area contributed by atoms with Crippen LogP contribution in [-0.2, 0) is 16.0 Å². The molecule has 2 N–H and O–H groups in total. The fraction of sp³-hybridized carbons (Fsp3) is 0.520. The van der Waals surface area contributed by atoms with Crippen LogP contribution in [0.25, 0.3) is 11.1 Å². The number of benzene rings is 1. The molecule has 1 unspecified atom stereocenters. The average Bonchev–Trinajstić information content (AvgIpc) is 3.28. The Morgan fingerprint density at radius 1 is 1.32 bits per heavy atom. The number of Topliss-reactive ketones (excluding diaryl/α,β-unsaturated/α-hetero) is 1. The summed E-state index contributed by atoms with van der Waals surface area (Å²) >= 11 is 6.49. The van der Waals surface area contributed by atoms with Gasteiger partial charge in [0.1, 0.15) is 5.78 Å². The summed E-state index contributed by atoms with van der Waals surface area (Å²) in [5, 5.41) is 7.44. The predicted molar refractivity (Wildman–Crippen MR) is 126 cm³/mol. The second-order valence-corrected chi connectivity index (χ2v) is 9.82. The molecule has 2 fully saturated rings. The molecule has 0 bridgehead atoms. The molecule has 2 saturated heterocycles. The second-order valence-electron chi connectivity index (χ2n) is 9.42. The highest BCUT2D eigenvalue weighted by Gasteiger charge is 2.28. The number of aromatic nitrogens is 1. The Hall–Kier alpha value is -1.95. The topological polar surface area (TPSA) is 63.2 Å². The minimum Gasteiger partial charge on any atom is -0.385 e. The van der Waals surface area contributed by atoms with E-state index in [0.717, 1.165) is 68.0 Å². The Balaban J connectivity index is 1.44. The van der Waals surface area contributed by atoms with E-state index in [0.29, 0.717) is 17.4 Å². The molecule has 166 valence electrons. The van der Waals surface area contributed by atoms with Crippen LogP contribution in [0.3, 0.4) is 0 Å². The molecule has 2 atom stereocenters. The molecule has 1 aromatic carbocycles. The molecule has 5 nitrogen and oxygen atoms in total. The van der Waals surface area contributed by atoms with Crippen molar-refractivity contribution < 1.29 is 9.53 Å². The summed E-state index contributed by atoms with van der Waals surface area (Å²) in [6, 6.07) is 10.3. The van der Waals surface area contributed by atoms with Crippen LogP contribution in [0.4, 0.5) is 5.69 Å². The van der Waals surface area contributed by atoms with Gasteiger partial charge in [-0.15, -0.1) is 0 Å². The van der Waals surface area contributed by atoms with Crippen LogP contribution in [0.2, 0.25) is 5.02 Å². The number of nitrogens with zero attached hydrogens (tertiary/aromatic N) is 1. The van der Waals surface area contributed by atoms with Crippen molar-refractivity contribution in [3.8, 4) is 11.1 Å². The van der Waals surface area contributed by atoms with E-state index in [1.54, 1.807) is 6.20 Å². The van der Waals surface area contributed by atoms with E-state index in [1.165, 1.54) is 0 Å². The minimum absolute atomic E-state index is 0.0423. The average molecular weight is 442 g/mol. The van der Waals surface area contributed by atoms with Crippen molar-refractivity contribution in [2.45, 2.75) is 45.1 Å². The number of anilines is 1. The highest BCUT2D eigenvalue weighted by atomic mass is 35.5. The number of nitrogens with one attached hydrogen (secondary N) is 2. The molecule has 0 aliphatic carbocycles. The molecule has 0 radical (unpaired) electrons. The number of carbonyl (C=O) groups excluding carboxylic acids is 1. The Kier molecular flexibility index (Phi) is 6.95. The lowest BCUT2D eigenvalue weighted by Gasteiger charge is -2.35. The first-order valence-corrected chi connectivity index (χ1v) is 11.6. The van der Waals surface area contributed by atoms with Crippen LogP contribution in [-0.4, -0.2) is 42.6 Å². The van der Waals surface area contributed by atoms with Crippen molar-refractivity contribution in [1.82, 2.24) is 10.3 Å². The van der Waals surface area contributed by atoms with E-state index in [9.17, 15) is 4.79 Å². The predicted octanol–water partition coefficient (Wildman–Crippen LogP) is 4.74. The first-order valence-electron chi connectivity index (χ1n) is 11.3. The number of ether oxygens (including phenoxy) is 1. The normalized spacial score (nSPS) is 22.9. The van der Waals surface area contributed by atoms with Gasteiger partial charge in [-0.3, -0.25) is 9.78 Å². The zero-order valence-corrected chi connectivity index (χ0v) is 19.2. The Morgan fingerprint density at radius 3 is 2.97 bits per heavy atom. The number of hydrogen-bond donors (Lipinski definition) is 2. The fourth-order valence-electron chi connectivity index (χ4n) is 4.64. The van der Waals surface area contributed by atoms with Gasteiger partial charge in [0, 0.05) is 55.2 Å². The smallest absolute Gasteiger partial charge is 0.143 e.